The van der Waals surface area contributed by atoms with Crippen LogP contribution in [0.1, 0.15) is 5.56 Å². The van der Waals surface area contributed by atoms with Crippen molar-refractivity contribution in [1.82, 2.24) is 9.80 Å². The third-order valence-electron chi connectivity index (χ3n) is 4.47. The Morgan fingerprint density at radius 2 is 1.73 bits per heavy atom. The van der Waals surface area contributed by atoms with Crippen molar-refractivity contribution in [3.63, 3.8) is 0 Å². The van der Waals surface area contributed by atoms with Crippen LogP contribution >= 0.6 is 12.2 Å². The maximum atomic E-state index is 5.56. The monoisotopic (exact) mass is 367 g/mol. The van der Waals surface area contributed by atoms with E-state index in [0.717, 1.165) is 49.3 Å². The fraction of sp³-hybridized carbons (Fsp3) is 0.286. The van der Waals surface area contributed by atoms with Gasteiger partial charge in [-0.1, -0.05) is 42.5 Å². The summed E-state index contributed by atoms with van der Waals surface area (Å²) < 4.78 is 5.18. The molecule has 1 aliphatic rings. The highest BCUT2D eigenvalue weighted by Gasteiger charge is 2.18. The Bertz CT molecular complexity index is 723. The van der Waals surface area contributed by atoms with Crippen LogP contribution in [0.15, 0.2) is 60.7 Å². The highest BCUT2D eigenvalue weighted by Crippen LogP contribution is 2.16. The molecule has 0 atom stereocenters. The van der Waals surface area contributed by atoms with Crippen LogP contribution in [0.25, 0.3) is 6.08 Å². The van der Waals surface area contributed by atoms with Crippen molar-refractivity contribution < 1.29 is 4.74 Å². The summed E-state index contributed by atoms with van der Waals surface area (Å²) in [5, 5.41) is 4.10. The van der Waals surface area contributed by atoms with Crippen LogP contribution in [-0.4, -0.2) is 54.7 Å². The summed E-state index contributed by atoms with van der Waals surface area (Å²) in [5.41, 5.74) is 2.24. The fourth-order valence-electron chi connectivity index (χ4n) is 2.91. The molecular weight excluding hydrogens is 342 g/mol. The summed E-state index contributed by atoms with van der Waals surface area (Å²) in [7, 11) is 1.67. The Labute approximate surface area is 161 Å². The minimum atomic E-state index is 0.787. The molecule has 0 aromatic heterocycles. The molecule has 2 aromatic carbocycles. The van der Waals surface area contributed by atoms with Gasteiger partial charge >= 0.3 is 0 Å². The van der Waals surface area contributed by atoms with Gasteiger partial charge in [-0.2, -0.15) is 0 Å². The van der Waals surface area contributed by atoms with E-state index >= 15 is 0 Å². The molecule has 0 saturated carbocycles. The second-order valence-corrected chi connectivity index (χ2v) is 6.65. The second kappa shape index (κ2) is 9.36. The normalized spacial score (nSPS) is 15.2. The maximum absolute atomic E-state index is 5.56. The van der Waals surface area contributed by atoms with Crippen molar-refractivity contribution in [3.05, 3.63) is 66.2 Å². The number of rotatable bonds is 5. The Morgan fingerprint density at radius 3 is 2.38 bits per heavy atom. The third kappa shape index (κ3) is 5.31. The van der Waals surface area contributed by atoms with Gasteiger partial charge in [-0.15, -0.1) is 0 Å². The first kappa shape index (κ1) is 18.4. The van der Waals surface area contributed by atoms with Gasteiger partial charge in [0.25, 0.3) is 0 Å². The van der Waals surface area contributed by atoms with Crippen LogP contribution in [0.2, 0.25) is 0 Å². The van der Waals surface area contributed by atoms with E-state index < -0.39 is 0 Å². The van der Waals surface area contributed by atoms with Gasteiger partial charge in [-0.25, -0.2) is 0 Å². The topological polar surface area (TPSA) is 27.7 Å². The number of piperazine rings is 1. The van der Waals surface area contributed by atoms with E-state index in [0.29, 0.717) is 0 Å². The molecule has 1 fully saturated rings. The molecule has 0 radical (unpaired) electrons. The van der Waals surface area contributed by atoms with E-state index in [4.69, 9.17) is 17.0 Å². The zero-order valence-corrected chi connectivity index (χ0v) is 15.9. The van der Waals surface area contributed by atoms with Crippen molar-refractivity contribution in [2.45, 2.75) is 0 Å². The van der Waals surface area contributed by atoms with Crippen LogP contribution < -0.4 is 10.1 Å². The summed E-state index contributed by atoms with van der Waals surface area (Å²) in [6.45, 7) is 4.90. The molecule has 1 N–H and O–H groups in total. The second-order valence-electron chi connectivity index (χ2n) is 6.26. The van der Waals surface area contributed by atoms with Crippen molar-refractivity contribution >= 4 is 29.1 Å². The zero-order valence-electron chi connectivity index (χ0n) is 15.1. The summed E-state index contributed by atoms with van der Waals surface area (Å²) in [4.78, 5) is 4.68. The summed E-state index contributed by atoms with van der Waals surface area (Å²) in [6, 6.07) is 18.2. The lowest BCUT2D eigenvalue weighted by atomic mass is 10.2. The lowest BCUT2D eigenvalue weighted by molar-refractivity contribution is 0.200. The molecule has 0 bridgehead atoms. The molecule has 4 nitrogen and oxygen atoms in total. The van der Waals surface area contributed by atoms with Crippen LogP contribution in [-0.2, 0) is 0 Å². The minimum absolute atomic E-state index is 0.787. The highest BCUT2D eigenvalue weighted by atomic mass is 32.1. The predicted molar refractivity (Wildman–Crippen MR) is 113 cm³/mol. The lowest BCUT2D eigenvalue weighted by Crippen LogP contribution is -2.49. The number of thiocarbonyl (C=S) groups is 1. The quantitative estimate of drug-likeness (QED) is 0.813. The Hall–Kier alpha value is -2.37. The summed E-state index contributed by atoms with van der Waals surface area (Å²) in [6.07, 6.45) is 4.42. The zero-order chi connectivity index (χ0) is 18.2. The Morgan fingerprint density at radius 1 is 1.04 bits per heavy atom. The lowest BCUT2D eigenvalue weighted by Gasteiger charge is -2.35. The van der Waals surface area contributed by atoms with Gasteiger partial charge in [0.1, 0.15) is 5.75 Å². The first-order valence-corrected chi connectivity index (χ1v) is 9.29. The van der Waals surface area contributed by atoms with Crippen LogP contribution in [0.3, 0.4) is 0 Å². The Kier molecular flexibility index (Phi) is 6.63. The van der Waals surface area contributed by atoms with E-state index in [-0.39, 0.29) is 0 Å². The number of nitrogens with zero attached hydrogens (tertiary/aromatic N) is 2. The smallest absolute Gasteiger partial charge is 0.173 e. The average molecular weight is 368 g/mol. The van der Waals surface area contributed by atoms with Gasteiger partial charge in [-0.3, -0.25) is 4.90 Å². The molecule has 0 unspecified atom stereocenters. The van der Waals surface area contributed by atoms with Gasteiger partial charge in [0.05, 0.1) is 7.11 Å². The number of hydrogen-bond donors (Lipinski definition) is 1. The number of hydrogen-bond acceptors (Lipinski definition) is 3. The van der Waals surface area contributed by atoms with Gasteiger partial charge < -0.3 is 15.0 Å². The van der Waals surface area contributed by atoms with Crippen LogP contribution in [0.4, 0.5) is 5.69 Å². The molecule has 2 aromatic rings. The number of benzene rings is 2. The number of anilines is 1. The van der Waals surface area contributed by atoms with Crippen molar-refractivity contribution in [3.8, 4) is 5.75 Å². The van der Waals surface area contributed by atoms with E-state index in [1.807, 2.05) is 30.3 Å². The van der Waals surface area contributed by atoms with Crippen LogP contribution in [0, 0.1) is 0 Å². The average Bonchev–Trinajstić information content (AvgIpc) is 2.70. The van der Waals surface area contributed by atoms with Gasteiger partial charge in [-0.05, 0) is 42.0 Å². The number of methoxy groups -OCH3 is 1. The third-order valence-corrected chi connectivity index (χ3v) is 4.83. The first-order chi connectivity index (χ1) is 12.7. The summed E-state index contributed by atoms with van der Waals surface area (Å²) in [5.74, 6) is 0.846. The van der Waals surface area contributed by atoms with E-state index in [9.17, 15) is 0 Å². The maximum Gasteiger partial charge on any atom is 0.173 e. The molecule has 0 spiro atoms. The van der Waals surface area contributed by atoms with Crippen LogP contribution in [0.5, 0.6) is 5.75 Å². The van der Waals surface area contributed by atoms with Gasteiger partial charge in [0, 0.05) is 38.4 Å². The van der Waals surface area contributed by atoms with Gasteiger partial charge in [0.15, 0.2) is 5.11 Å². The molecule has 0 aliphatic carbocycles. The van der Waals surface area contributed by atoms with Crippen molar-refractivity contribution in [1.29, 1.82) is 0 Å². The molecule has 1 heterocycles. The first-order valence-electron chi connectivity index (χ1n) is 8.88. The SMILES string of the molecule is COc1ccc(NC(=S)N2CCN(CC=Cc3ccccc3)CC2)cc1. The Balaban J connectivity index is 1.42. The molecular formula is C21H25N3OS. The molecule has 5 heteroatoms. The fourth-order valence-corrected chi connectivity index (χ4v) is 3.21. The molecule has 0 amide bonds. The highest BCUT2D eigenvalue weighted by molar-refractivity contribution is 7.80. The minimum Gasteiger partial charge on any atom is -0.497 e. The van der Waals surface area contributed by atoms with Crippen molar-refractivity contribution in [2.24, 2.45) is 0 Å². The summed E-state index contributed by atoms with van der Waals surface area (Å²) >= 11 is 5.56. The van der Waals surface area contributed by atoms with E-state index in [1.165, 1.54) is 5.56 Å². The standard InChI is InChI=1S/C21H25N3OS/c1-25-20-11-9-19(10-12-20)22-21(26)24-16-14-23(15-17-24)13-5-8-18-6-3-2-4-7-18/h2-12H,13-17H2,1H3,(H,22,26). The predicted octanol–water partition coefficient (Wildman–Crippen LogP) is 3.72. The molecule has 1 aliphatic heterocycles. The molecule has 3 rings (SSSR count). The number of ether oxygens (including phenoxy) is 1. The largest absolute Gasteiger partial charge is 0.497 e. The molecule has 1 saturated heterocycles. The number of nitrogens with one attached hydrogen (secondary N) is 1. The molecule has 26 heavy (non-hydrogen) atoms. The molecule has 136 valence electrons. The van der Waals surface area contributed by atoms with Gasteiger partial charge in [0.2, 0.25) is 0 Å². The van der Waals surface area contributed by atoms with E-state index in [1.54, 1.807) is 7.11 Å². The van der Waals surface area contributed by atoms with Crippen molar-refractivity contribution in [2.75, 3.05) is 45.2 Å². The van der Waals surface area contributed by atoms with E-state index in [2.05, 4.69) is 51.5 Å².